The second-order valence-electron chi connectivity index (χ2n) is 5.80. The standard InChI is InChI=1S/C18H21ClN2O/c19-16-6-4-15(5-7-16)18(8-10-22-11-9-18)21-13-14-2-1-3-17(20)12-14/h1-7,12,21H,8-11,13,20H2. The highest BCUT2D eigenvalue weighted by atomic mass is 35.5. The van der Waals surface area contributed by atoms with Gasteiger partial charge in [-0.1, -0.05) is 35.9 Å². The molecule has 116 valence electrons. The third kappa shape index (κ3) is 3.43. The molecule has 0 aromatic heterocycles. The van der Waals surface area contributed by atoms with E-state index in [1.807, 2.05) is 30.3 Å². The Labute approximate surface area is 136 Å². The first-order valence-electron chi connectivity index (χ1n) is 7.61. The first-order valence-corrected chi connectivity index (χ1v) is 7.99. The Bertz CT molecular complexity index is 621. The van der Waals surface area contributed by atoms with Crippen LogP contribution >= 0.6 is 11.6 Å². The fourth-order valence-electron chi connectivity index (χ4n) is 3.03. The molecule has 2 aromatic rings. The van der Waals surface area contributed by atoms with E-state index >= 15 is 0 Å². The van der Waals surface area contributed by atoms with E-state index in [9.17, 15) is 0 Å². The van der Waals surface area contributed by atoms with Gasteiger partial charge in [0, 0.05) is 36.0 Å². The number of anilines is 1. The smallest absolute Gasteiger partial charge is 0.0486 e. The number of halogens is 1. The molecule has 0 bridgehead atoms. The first-order chi connectivity index (χ1) is 10.7. The lowest BCUT2D eigenvalue weighted by Crippen LogP contribution is -2.46. The molecule has 0 spiro atoms. The van der Waals surface area contributed by atoms with Gasteiger partial charge in [0.15, 0.2) is 0 Å². The molecule has 1 fully saturated rings. The van der Waals surface area contributed by atoms with Crippen molar-refractivity contribution in [2.75, 3.05) is 18.9 Å². The summed E-state index contributed by atoms with van der Waals surface area (Å²) in [5, 5.41) is 4.50. The molecule has 1 heterocycles. The minimum Gasteiger partial charge on any atom is -0.399 e. The molecule has 1 aliphatic rings. The summed E-state index contributed by atoms with van der Waals surface area (Å²) in [6, 6.07) is 16.1. The number of nitrogen functional groups attached to an aromatic ring is 1. The number of nitrogens with one attached hydrogen (secondary N) is 1. The second kappa shape index (κ2) is 6.69. The maximum absolute atomic E-state index is 6.03. The predicted octanol–water partition coefficient (Wildman–Crippen LogP) is 3.72. The quantitative estimate of drug-likeness (QED) is 0.845. The largest absolute Gasteiger partial charge is 0.399 e. The summed E-state index contributed by atoms with van der Waals surface area (Å²) in [6.07, 6.45) is 1.91. The minimum absolute atomic E-state index is 0.0621. The maximum atomic E-state index is 6.03. The Morgan fingerprint density at radius 2 is 1.82 bits per heavy atom. The number of nitrogens with two attached hydrogens (primary N) is 1. The molecular formula is C18H21ClN2O. The Hall–Kier alpha value is -1.55. The molecule has 0 saturated carbocycles. The monoisotopic (exact) mass is 316 g/mol. The number of hydrogen-bond donors (Lipinski definition) is 2. The van der Waals surface area contributed by atoms with Crippen molar-refractivity contribution in [3.63, 3.8) is 0 Å². The lowest BCUT2D eigenvalue weighted by molar-refractivity contribution is 0.0358. The summed E-state index contributed by atoms with van der Waals surface area (Å²) in [4.78, 5) is 0. The van der Waals surface area contributed by atoms with Crippen molar-refractivity contribution >= 4 is 17.3 Å². The molecule has 4 heteroatoms. The second-order valence-corrected chi connectivity index (χ2v) is 6.24. The van der Waals surface area contributed by atoms with Gasteiger partial charge in [0.2, 0.25) is 0 Å². The van der Waals surface area contributed by atoms with Gasteiger partial charge in [0.25, 0.3) is 0 Å². The van der Waals surface area contributed by atoms with Gasteiger partial charge in [-0.3, -0.25) is 0 Å². The van der Waals surface area contributed by atoms with Crippen LogP contribution in [0.5, 0.6) is 0 Å². The lowest BCUT2D eigenvalue weighted by Gasteiger charge is -2.39. The molecule has 0 radical (unpaired) electrons. The van der Waals surface area contributed by atoms with Crippen molar-refractivity contribution < 1.29 is 4.74 Å². The van der Waals surface area contributed by atoms with E-state index in [2.05, 4.69) is 23.5 Å². The fourth-order valence-corrected chi connectivity index (χ4v) is 3.16. The van der Waals surface area contributed by atoms with Crippen LogP contribution in [0.1, 0.15) is 24.0 Å². The van der Waals surface area contributed by atoms with Crippen molar-refractivity contribution in [2.45, 2.75) is 24.9 Å². The van der Waals surface area contributed by atoms with Gasteiger partial charge in [0.05, 0.1) is 0 Å². The van der Waals surface area contributed by atoms with Crippen LogP contribution in [0, 0.1) is 0 Å². The molecule has 3 rings (SSSR count). The SMILES string of the molecule is Nc1cccc(CNC2(c3ccc(Cl)cc3)CCOCC2)c1. The average molecular weight is 317 g/mol. The van der Waals surface area contributed by atoms with Gasteiger partial charge < -0.3 is 15.8 Å². The molecule has 2 aromatic carbocycles. The lowest BCUT2D eigenvalue weighted by atomic mass is 9.82. The van der Waals surface area contributed by atoms with Gasteiger partial charge in [-0.15, -0.1) is 0 Å². The molecule has 0 amide bonds. The van der Waals surface area contributed by atoms with Crippen LogP contribution in [0.25, 0.3) is 0 Å². The first kappa shape index (κ1) is 15.3. The highest BCUT2D eigenvalue weighted by Crippen LogP contribution is 2.33. The van der Waals surface area contributed by atoms with Gasteiger partial charge in [-0.05, 0) is 48.2 Å². The van der Waals surface area contributed by atoms with Gasteiger partial charge in [0.1, 0.15) is 0 Å². The molecule has 0 atom stereocenters. The maximum Gasteiger partial charge on any atom is 0.0486 e. The van der Waals surface area contributed by atoms with E-state index in [1.165, 1.54) is 11.1 Å². The van der Waals surface area contributed by atoms with E-state index in [4.69, 9.17) is 22.1 Å². The van der Waals surface area contributed by atoms with Crippen molar-refractivity contribution in [3.05, 3.63) is 64.7 Å². The zero-order chi connectivity index (χ0) is 15.4. The molecule has 0 unspecified atom stereocenters. The molecule has 22 heavy (non-hydrogen) atoms. The van der Waals surface area contributed by atoms with Crippen molar-refractivity contribution in [3.8, 4) is 0 Å². The molecule has 1 aliphatic heterocycles. The predicted molar refractivity (Wildman–Crippen MR) is 90.9 cm³/mol. The summed E-state index contributed by atoms with van der Waals surface area (Å²) in [7, 11) is 0. The molecule has 1 saturated heterocycles. The molecule has 3 nitrogen and oxygen atoms in total. The van der Waals surface area contributed by atoms with E-state index in [0.717, 1.165) is 43.3 Å². The van der Waals surface area contributed by atoms with E-state index in [-0.39, 0.29) is 5.54 Å². The molecule has 3 N–H and O–H groups in total. The Morgan fingerprint density at radius 3 is 2.50 bits per heavy atom. The third-order valence-electron chi connectivity index (χ3n) is 4.33. The summed E-state index contributed by atoms with van der Waals surface area (Å²) >= 11 is 6.03. The van der Waals surface area contributed by atoms with Gasteiger partial charge >= 0.3 is 0 Å². The Balaban J connectivity index is 1.81. The summed E-state index contributed by atoms with van der Waals surface area (Å²) in [5.74, 6) is 0. The van der Waals surface area contributed by atoms with E-state index < -0.39 is 0 Å². The summed E-state index contributed by atoms with van der Waals surface area (Å²) in [6.45, 7) is 2.33. The van der Waals surface area contributed by atoms with Crippen molar-refractivity contribution in [2.24, 2.45) is 0 Å². The van der Waals surface area contributed by atoms with Crippen molar-refractivity contribution in [1.29, 1.82) is 0 Å². The van der Waals surface area contributed by atoms with Crippen LogP contribution in [0.15, 0.2) is 48.5 Å². The van der Waals surface area contributed by atoms with Gasteiger partial charge in [-0.25, -0.2) is 0 Å². The molecule has 0 aliphatic carbocycles. The van der Waals surface area contributed by atoms with E-state index in [0.29, 0.717) is 0 Å². The zero-order valence-electron chi connectivity index (χ0n) is 12.5. The van der Waals surface area contributed by atoms with Crippen LogP contribution in [0.3, 0.4) is 0 Å². The molecular weight excluding hydrogens is 296 g/mol. The fraction of sp³-hybridized carbons (Fsp3) is 0.333. The summed E-state index contributed by atoms with van der Waals surface area (Å²) in [5.41, 5.74) is 9.06. The van der Waals surface area contributed by atoms with Crippen LogP contribution in [0.4, 0.5) is 5.69 Å². The minimum atomic E-state index is -0.0621. The number of hydrogen-bond acceptors (Lipinski definition) is 3. The number of rotatable bonds is 4. The highest BCUT2D eigenvalue weighted by Gasteiger charge is 2.33. The zero-order valence-corrected chi connectivity index (χ0v) is 13.3. The van der Waals surface area contributed by atoms with Crippen molar-refractivity contribution in [1.82, 2.24) is 5.32 Å². The Morgan fingerprint density at radius 1 is 1.09 bits per heavy atom. The highest BCUT2D eigenvalue weighted by molar-refractivity contribution is 6.30. The normalized spacial score (nSPS) is 17.3. The number of ether oxygens (including phenoxy) is 1. The van der Waals surface area contributed by atoms with Crippen LogP contribution in [-0.2, 0) is 16.8 Å². The van der Waals surface area contributed by atoms with Crippen LogP contribution < -0.4 is 11.1 Å². The third-order valence-corrected chi connectivity index (χ3v) is 4.58. The van der Waals surface area contributed by atoms with Gasteiger partial charge in [-0.2, -0.15) is 0 Å². The van der Waals surface area contributed by atoms with Crippen LogP contribution in [0.2, 0.25) is 5.02 Å². The average Bonchev–Trinajstić information content (AvgIpc) is 2.55. The topological polar surface area (TPSA) is 47.3 Å². The van der Waals surface area contributed by atoms with Crippen LogP contribution in [-0.4, -0.2) is 13.2 Å². The van der Waals surface area contributed by atoms with E-state index in [1.54, 1.807) is 0 Å². The Kier molecular flexibility index (Phi) is 4.67. The number of benzene rings is 2. The summed E-state index contributed by atoms with van der Waals surface area (Å²) < 4.78 is 5.56.